The van der Waals surface area contributed by atoms with Gasteiger partial charge in [0.2, 0.25) is 0 Å². The third-order valence-electron chi connectivity index (χ3n) is 2.95. The van der Waals surface area contributed by atoms with Crippen LogP contribution >= 0.6 is 15.9 Å². The quantitative estimate of drug-likeness (QED) is 0.774. The van der Waals surface area contributed by atoms with Crippen LogP contribution in [0.1, 0.15) is 22.3 Å². The van der Waals surface area contributed by atoms with E-state index in [4.69, 9.17) is 4.74 Å². The van der Waals surface area contributed by atoms with Crippen LogP contribution in [0.2, 0.25) is 0 Å². The summed E-state index contributed by atoms with van der Waals surface area (Å²) in [6.07, 6.45) is 0.798. The van der Waals surface area contributed by atoms with Gasteiger partial charge in [0.1, 0.15) is 0 Å². The van der Waals surface area contributed by atoms with E-state index in [1.54, 1.807) is 12.1 Å². The van der Waals surface area contributed by atoms with Crippen LogP contribution < -0.4 is 5.32 Å². The zero-order chi connectivity index (χ0) is 14.9. The lowest BCUT2D eigenvalue weighted by atomic mass is 10.2. The van der Waals surface area contributed by atoms with E-state index >= 15 is 0 Å². The lowest BCUT2D eigenvalue weighted by Gasteiger charge is -2.07. The van der Waals surface area contributed by atoms with E-state index in [0.29, 0.717) is 25.3 Å². The van der Waals surface area contributed by atoms with E-state index in [0.717, 1.165) is 16.5 Å². The SMILES string of the molecule is O=C(NCCCOCc1ccccc1)c1cccc(Br)c1. The average Bonchev–Trinajstić information content (AvgIpc) is 2.51. The van der Waals surface area contributed by atoms with Gasteiger partial charge in [-0.2, -0.15) is 0 Å². The van der Waals surface area contributed by atoms with Crippen LogP contribution in [0.15, 0.2) is 59.1 Å². The summed E-state index contributed by atoms with van der Waals surface area (Å²) in [4.78, 5) is 11.9. The molecule has 0 aliphatic carbocycles. The number of amides is 1. The van der Waals surface area contributed by atoms with Gasteiger partial charge in [-0.3, -0.25) is 4.79 Å². The molecule has 1 N–H and O–H groups in total. The van der Waals surface area contributed by atoms with Gasteiger partial charge >= 0.3 is 0 Å². The fraction of sp³-hybridized carbons (Fsp3) is 0.235. The molecule has 110 valence electrons. The number of hydrogen-bond acceptors (Lipinski definition) is 2. The zero-order valence-corrected chi connectivity index (χ0v) is 13.3. The van der Waals surface area contributed by atoms with Crippen molar-refractivity contribution in [3.8, 4) is 0 Å². The zero-order valence-electron chi connectivity index (χ0n) is 11.7. The largest absolute Gasteiger partial charge is 0.377 e. The Morgan fingerprint density at radius 2 is 1.90 bits per heavy atom. The second-order valence-corrected chi connectivity index (χ2v) is 5.57. The highest BCUT2D eigenvalue weighted by Crippen LogP contribution is 2.11. The van der Waals surface area contributed by atoms with Crippen LogP contribution in [-0.2, 0) is 11.3 Å². The first-order valence-corrected chi connectivity index (χ1v) is 7.70. The van der Waals surface area contributed by atoms with Crippen LogP contribution in [0.25, 0.3) is 0 Å². The van der Waals surface area contributed by atoms with Gasteiger partial charge in [0.15, 0.2) is 0 Å². The van der Waals surface area contributed by atoms with Gasteiger partial charge in [0.25, 0.3) is 5.91 Å². The molecule has 2 aromatic rings. The van der Waals surface area contributed by atoms with Crippen LogP contribution in [0, 0.1) is 0 Å². The fourth-order valence-corrected chi connectivity index (χ4v) is 2.27. The third kappa shape index (κ3) is 5.69. The molecule has 0 unspecified atom stereocenters. The molecule has 2 rings (SSSR count). The summed E-state index contributed by atoms with van der Waals surface area (Å²) < 4.78 is 6.47. The molecule has 0 aliphatic rings. The summed E-state index contributed by atoms with van der Waals surface area (Å²) in [5.74, 6) is -0.0561. The standard InChI is InChI=1S/C17H18BrNO2/c18-16-9-4-8-15(12-16)17(20)19-10-5-11-21-13-14-6-2-1-3-7-14/h1-4,6-9,12H,5,10-11,13H2,(H,19,20). The number of carbonyl (C=O) groups is 1. The van der Waals surface area contributed by atoms with Crippen molar-refractivity contribution in [3.05, 3.63) is 70.2 Å². The third-order valence-corrected chi connectivity index (χ3v) is 3.44. The maximum absolute atomic E-state index is 11.9. The normalized spacial score (nSPS) is 10.3. The van der Waals surface area contributed by atoms with Gasteiger partial charge in [-0.05, 0) is 30.2 Å². The summed E-state index contributed by atoms with van der Waals surface area (Å²) >= 11 is 3.35. The summed E-state index contributed by atoms with van der Waals surface area (Å²) in [7, 11) is 0. The Kier molecular flexibility index (Phi) is 6.44. The smallest absolute Gasteiger partial charge is 0.251 e. The monoisotopic (exact) mass is 347 g/mol. The number of rotatable bonds is 7. The van der Waals surface area contributed by atoms with E-state index in [-0.39, 0.29) is 5.91 Å². The van der Waals surface area contributed by atoms with Crippen molar-refractivity contribution in [2.75, 3.05) is 13.2 Å². The molecule has 0 saturated carbocycles. The minimum Gasteiger partial charge on any atom is -0.377 e. The fourth-order valence-electron chi connectivity index (χ4n) is 1.87. The van der Waals surface area contributed by atoms with Crippen molar-refractivity contribution >= 4 is 21.8 Å². The summed E-state index contributed by atoms with van der Waals surface area (Å²) in [6, 6.07) is 17.4. The number of hydrogen-bond donors (Lipinski definition) is 1. The average molecular weight is 348 g/mol. The Hall–Kier alpha value is -1.65. The highest BCUT2D eigenvalue weighted by Gasteiger charge is 2.04. The molecule has 2 aromatic carbocycles. The van der Waals surface area contributed by atoms with Crippen molar-refractivity contribution in [3.63, 3.8) is 0 Å². The maximum Gasteiger partial charge on any atom is 0.251 e. The van der Waals surface area contributed by atoms with Crippen molar-refractivity contribution in [2.45, 2.75) is 13.0 Å². The number of nitrogens with one attached hydrogen (secondary N) is 1. The summed E-state index contributed by atoms with van der Waals surface area (Å²) in [5.41, 5.74) is 1.82. The molecule has 0 saturated heterocycles. The second kappa shape index (κ2) is 8.60. The minimum atomic E-state index is -0.0561. The first-order chi connectivity index (χ1) is 10.3. The molecule has 4 heteroatoms. The molecular weight excluding hydrogens is 330 g/mol. The number of carbonyl (C=O) groups excluding carboxylic acids is 1. The molecular formula is C17H18BrNO2. The predicted octanol–water partition coefficient (Wildman–Crippen LogP) is 3.79. The molecule has 0 aromatic heterocycles. The van der Waals surface area contributed by atoms with Crippen LogP contribution in [0.4, 0.5) is 0 Å². The van der Waals surface area contributed by atoms with Crippen LogP contribution in [0.3, 0.4) is 0 Å². The van der Waals surface area contributed by atoms with Crippen molar-refractivity contribution < 1.29 is 9.53 Å². The minimum absolute atomic E-state index is 0.0561. The Labute approximate surface area is 133 Å². The predicted molar refractivity (Wildman–Crippen MR) is 87.2 cm³/mol. The molecule has 0 heterocycles. The molecule has 0 radical (unpaired) electrons. The molecule has 0 atom stereocenters. The number of halogens is 1. The highest BCUT2D eigenvalue weighted by molar-refractivity contribution is 9.10. The summed E-state index contributed by atoms with van der Waals surface area (Å²) in [6.45, 7) is 1.86. The molecule has 1 amide bonds. The first-order valence-electron chi connectivity index (χ1n) is 6.91. The second-order valence-electron chi connectivity index (χ2n) is 4.66. The Balaban J connectivity index is 1.60. The lowest BCUT2D eigenvalue weighted by Crippen LogP contribution is -2.25. The Morgan fingerprint density at radius 1 is 1.10 bits per heavy atom. The van der Waals surface area contributed by atoms with Crippen molar-refractivity contribution in [1.82, 2.24) is 5.32 Å². The van der Waals surface area contributed by atoms with E-state index < -0.39 is 0 Å². The first kappa shape index (κ1) is 15.7. The lowest BCUT2D eigenvalue weighted by molar-refractivity contribution is 0.0934. The van der Waals surface area contributed by atoms with E-state index in [2.05, 4.69) is 21.2 Å². The van der Waals surface area contributed by atoms with Gasteiger partial charge in [-0.25, -0.2) is 0 Å². The van der Waals surface area contributed by atoms with E-state index in [1.165, 1.54) is 0 Å². The molecule has 0 spiro atoms. The number of benzene rings is 2. The van der Waals surface area contributed by atoms with Gasteiger partial charge in [-0.1, -0.05) is 52.3 Å². The van der Waals surface area contributed by atoms with Gasteiger partial charge < -0.3 is 10.1 Å². The van der Waals surface area contributed by atoms with E-state index in [9.17, 15) is 4.79 Å². The Bertz CT molecular complexity index is 572. The molecule has 21 heavy (non-hydrogen) atoms. The molecule has 0 aliphatic heterocycles. The Morgan fingerprint density at radius 3 is 2.67 bits per heavy atom. The topological polar surface area (TPSA) is 38.3 Å². The van der Waals surface area contributed by atoms with Crippen LogP contribution in [-0.4, -0.2) is 19.1 Å². The van der Waals surface area contributed by atoms with Gasteiger partial charge in [-0.15, -0.1) is 0 Å². The molecule has 0 bridgehead atoms. The highest BCUT2D eigenvalue weighted by atomic mass is 79.9. The van der Waals surface area contributed by atoms with Crippen LogP contribution in [0.5, 0.6) is 0 Å². The molecule has 3 nitrogen and oxygen atoms in total. The maximum atomic E-state index is 11.9. The van der Waals surface area contributed by atoms with Gasteiger partial charge in [0, 0.05) is 23.2 Å². The van der Waals surface area contributed by atoms with E-state index in [1.807, 2.05) is 42.5 Å². The van der Waals surface area contributed by atoms with Gasteiger partial charge in [0.05, 0.1) is 6.61 Å². The molecule has 0 fully saturated rings. The van der Waals surface area contributed by atoms with Crippen molar-refractivity contribution in [1.29, 1.82) is 0 Å². The number of ether oxygens (including phenoxy) is 1. The summed E-state index contributed by atoms with van der Waals surface area (Å²) in [5, 5.41) is 2.89. The van der Waals surface area contributed by atoms with Crippen molar-refractivity contribution in [2.24, 2.45) is 0 Å².